The Bertz CT molecular complexity index is 505. The standard InChI is InChI=1S/C16H26N2O3/c1-15(2,3)21-14(19)18-11-7-8-12(13(9-11)20-6)16(4,5)10-17/h7-9H,10,17H2,1-6H3,(H,18,19). The molecule has 0 aliphatic heterocycles. The third-order valence-electron chi connectivity index (χ3n) is 3.09. The van der Waals surface area contributed by atoms with Gasteiger partial charge >= 0.3 is 6.09 Å². The second-order valence-electron chi connectivity index (χ2n) is 6.63. The first kappa shape index (κ1) is 17.3. The molecule has 0 fully saturated rings. The van der Waals surface area contributed by atoms with Crippen LogP contribution in [0.25, 0.3) is 0 Å². The normalized spacial score (nSPS) is 12.0. The van der Waals surface area contributed by atoms with E-state index in [1.54, 1.807) is 13.2 Å². The van der Waals surface area contributed by atoms with E-state index in [4.69, 9.17) is 15.2 Å². The molecule has 1 rings (SSSR count). The minimum atomic E-state index is -0.532. The van der Waals surface area contributed by atoms with Crippen LogP contribution >= 0.6 is 0 Å². The van der Waals surface area contributed by atoms with Crippen molar-refractivity contribution in [1.82, 2.24) is 0 Å². The largest absolute Gasteiger partial charge is 0.496 e. The lowest BCUT2D eigenvalue weighted by Crippen LogP contribution is -2.29. The van der Waals surface area contributed by atoms with Gasteiger partial charge in [-0.2, -0.15) is 0 Å². The van der Waals surface area contributed by atoms with Gasteiger partial charge in [-0.15, -0.1) is 0 Å². The number of anilines is 1. The number of ether oxygens (including phenoxy) is 2. The molecular weight excluding hydrogens is 268 g/mol. The zero-order valence-electron chi connectivity index (χ0n) is 13.7. The third kappa shape index (κ3) is 4.93. The fourth-order valence-electron chi connectivity index (χ4n) is 1.86. The molecule has 21 heavy (non-hydrogen) atoms. The van der Waals surface area contributed by atoms with Gasteiger partial charge in [-0.25, -0.2) is 4.79 Å². The summed E-state index contributed by atoms with van der Waals surface area (Å²) in [4.78, 5) is 11.8. The van der Waals surface area contributed by atoms with Crippen LogP contribution in [0.4, 0.5) is 10.5 Å². The Labute approximate surface area is 126 Å². The van der Waals surface area contributed by atoms with E-state index in [0.717, 1.165) is 5.56 Å². The number of carbonyl (C=O) groups is 1. The number of carbonyl (C=O) groups excluding carboxylic acids is 1. The Morgan fingerprint density at radius 1 is 1.24 bits per heavy atom. The Morgan fingerprint density at radius 2 is 1.86 bits per heavy atom. The molecule has 0 spiro atoms. The molecule has 0 bridgehead atoms. The van der Waals surface area contributed by atoms with Gasteiger partial charge in [0, 0.05) is 29.3 Å². The number of hydrogen-bond acceptors (Lipinski definition) is 4. The van der Waals surface area contributed by atoms with E-state index in [0.29, 0.717) is 18.0 Å². The highest BCUT2D eigenvalue weighted by Crippen LogP contribution is 2.33. The maximum Gasteiger partial charge on any atom is 0.412 e. The summed E-state index contributed by atoms with van der Waals surface area (Å²) in [5.41, 5.74) is 6.70. The molecule has 0 saturated carbocycles. The van der Waals surface area contributed by atoms with Crippen LogP contribution in [-0.4, -0.2) is 25.3 Å². The summed E-state index contributed by atoms with van der Waals surface area (Å²) in [5.74, 6) is 0.694. The molecule has 1 amide bonds. The highest BCUT2D eigenvalue weighted by Gasteiger charge is 2.23. The SMILES string of the molecule is COc1cc(NC(=O)OC(C)(C)C)ccc1C(C)(C)CN. The molecule has 1 aromatic rings. The Balaban J connectivity index is 2.96. The van der Waals surface area contributed by atoms with Crippen molar-refractivity contribution >= 4 is 11.8 Å². The summed E-state index contributed by atoms with van der Waals surface area (Å²) in [7, 11) is 1.60. The number of rotatable bonds is 4. The number of nitrogens with one attached hydrogen (secondary N) is 1. The van der Waals surface area contributed by atoms with Crippen LogP contribution in [0.1, 0.15) is 40.2 Å². The van der Waals surface area contributed by atoms with E-state index in [2.05, 4.69) is 5.32 Å². The van der Waals surface area contributed by atoms with Crippen molar-refractivity contribution in [3.8, 4) is 5.75 Å². The summed E-state index contributed by atoms with van der Waals surface area (Å²) in [6.07, 6.45) is -0.490. The summed E-state index contributed by atoms with van der Waals surface area (Å²) < 4.78 is 10.6. The van der Waals surface area contributed by atoms with Gasteiger partial charge in [0.2, 0.25) is 0 Å². The Morgan fingerprint density at radius 3 is 2.33 bits per heavy atom. The maximum atomic E-state index is 11.8. The van der Waals surface area contributed by atoms with Gasteiger partial charge in [0.25, 0.3) is 0 Å². The third-order valence-corrected chi connectivity index (χ3v) is 3.09. The molecule has 3 N–H and O–H groups in total. The van der Waals surface area contributed by atoms with Crippen LogP contribution in [0.15, 0.2) is 18.2 Å². The zero-order valence-corrected chi connectivity index (χ0v) is 13.7. The van der Waals surface area contributed by atoms with E-state index < -0.39 is 11.7 Å². The number of hydrogen-bond donors (Lipinski definition) is 2. The average molecular weight is 294 g/mol. The predicted octanol–water partition coefficient (Wildman–Crippen LogP) is 3.28. The van der Waals surface area contributed by atoms with Crippen LogP contribution in [0.3, 0.4) is 0 Å². The van der Waals surface area contributed by atoms with Gasteiger partial charge in [0.1, 0.15) is 11.4 Å². The predicted molar refractivity (Wildman–Crippen MR) is 84.9 cm³/mol. The monoisotopic (exact) mass is 294 g/mol. The van der Waals surface area contributed by atoms with Gasteiger partial charge < -0.3 is 15.2 Å². The van der Waals surface area contributed by atoms with Gasteiger partial charge in [-0.1, -0.05) is 19.9 Å². The molecule has 5 heteroatoms. The maximum absolute atomic E-state index is 11.8. The van der Waals surface area contributed by atoms with Gasteiger partial charge in [0.15, 0.2) is 0 Å². The quantitative estimate of drug-likeness (QED) is 0.893. The molecule has 0 aliphatic carbocycles. The fourth-order valence-corrected chi connectivity index (χ4v) is 1.86. The molecular formula is C16H26N2O3. The van der Waals surface area contributed by atoms with Crippen LogP contribution in [0, 0.1) is 0 Å². The molecule has 0 unspecified atom stereocenters. The molecule has 118 valence electrons. The minimum absolute atomic E-state index is 0.199. The van der Waals surface area contributed by atoms with Crippen molar-refractivity contribution in [3.63, 3.8) is 0 Å². The average Bonchev–Trinajstić information content (AvgIpc) is 2.36. The smallest absolute Gasteiger partial charge is 0.412 e. The molecule has 0 radical (unpaired) electrons. The van der Waals surface area contributed by atoms with Crippen LogP contribution in [0.2, 0.25) is 0 Å². The van der Waals surface area contributed by atoms with E-state index in [1.807, 2.05) is 46.8 Å². The van der Waals surface area contributed by atoms with Gasteiger partial charge in [-0.05, 0) is 26.8 Å². The van der Waals surface area contributed by atoms with Crippen molar-refractivity contribution in [2.24, 2.45) is 5.73 Å². The number of methoxy groups -OCH3 is 1. The molecule has 0 aromatic heterocycles. The molecule has 0 aliphatic rings. The zero-order chi connectivity index (χ0) is 16.3. The molecule has 5 nitrogen and oxygen atoms in total. The Hall–Kier alpha value is -1.75. The first-order chi connectivity index (χ1) is 9.59. The second kappa shape index (κ2) is 6.35. The van der Waals surface area contributed by atoms with Crippen molar-refractivity contribution in [2.45, 2.75) is 45.6 Å². The first-order valence-electron chi connectivity index (χ1n) is 6.97. The first-order valence-corrected chi connectivity index (χ1v) is 6.97. The number of amides is 1. The summed E-state index contributed by atoms with van der Waals surface area (Å²) in [6, 6.07) is 5.51. The van der Waals surface area contributed by atoms with Crippen molar-refractivity contribution < 1.29 is 14.3 Å². The van der Waals surface area contributed by atoms with Crippen molar-refractivity contribution in [2.75, 3.05) is 19.0 Å². The summed E-state index contributed by atoms with van der Waals surface area (Å²) >= 11 is 0. The number of nitrogens with two attached hydrogens (primary N) is 1. The second-order valence-corrected chi connectivity index (χ2v) is 6.63. The highest BCUT2D eigenvalue weighted by molar-refractivity contribution is 5.85. The van der Waals surface area contributed by atoms with Gasteiger partial charge in [-0.3, -0.25) is 5.32 Å². The fraction of sp³-hybridized carbons (Fsp3) is 0.562. The number of benzene rings is 1. The van der Waals surface area contributed by atoms with Crippen LogP contribution in [-0.2, 0) is 10.2 Å². The summed E-state index contributed by atoms with van der Waals surface area (Å²) in [5, 5.41) is 2.70. The van der Waals surface area contributed by atoms with E-state index in [9.17, 15) is 4.79 Å². The minimum Gasteiger partial charge on any atom is -0.496 e. The van der Waals surface area contributed by atoms with E-state index in [-0.39, 0.29) is 5.41 Å². The van der Waals surface area contributed by atoms with Gasteiger partial charge in [0.05, 0.1) is 7.11 Å². The van der Waals surface area contributed by atoms with E-state index in [1.165, 1.54) is 0 Å². The van der Waals surface area contributed by atoms with Crippen LogP contribution in [0.5, 0.6) is 5.75 Å². The molecule has 0 atom stereocenters. The lowest BCUT2D eigenvalue weighted by molar-refractivity contribution is 0.0636. The molecule has 1 aromatic carbocycles. The summed E-state index contributed by atoms with van der Waals surface area (Å²) in [6.45, 7) is 10.1. The lowest BCUT2D eigenvalue weighted by Gasteiger charge is -2.26. The van der Waals surface area contributed by atoms with E-state index >= 15 is 0 Å². The molecule has 0 saturated heterocycles. The van der Waals surface area contributed by atoms with Crippen molar-refractivity contribution in [1.29, 1.82) is 0 Å². The Kier molecular flexibility index (Phi) is 5.23. The topological polar surface area (TPSA) is 73.6 Å². The van der Waals surface area contributed by atoms with Crippen molar-refractivity contribution in [3.05, 3.63) is 23.8 Å². The van der Waals surface area contributed by atoms with Crippen LogP contribution < -0.4 is 15.8 Å². The molecule has 0 heterocycles. The lowest BCUT2D eigenvalue weighted by atomic mass is 9.84. The highest BCUT2D eigenvalue weighted by atomic mass is 16.6.